The molecule has 15 heavy (non-hydrogen) atoms. The van der Waals surface area contributed by atoms with Crippen LogP contribution in [0.15, 0.2) is 6.07 Å². The molecular weight excluding hydrogens is 186 g/mol. The Morgan fingerprint density at radius 1 is 1.27 bits per heavy atom. The summed E-state index contributed by atoms with van der Waals surface area (Å²) in [7, 11) is 1.95. The summed E-state index contributed by atoms with van der Waals surface area (Å²) in [6.45, 7) is 8.50. The largest absolute Gasteiger partial charge is 0.250 e. The average molecular weight is 203 g/mol. The molecule has 3 heteroatoms. The zero-order valence-electron chi connectivity index (χ0n) is 10.00. The molecule has 2 heterocycles. The Morgan fingerprint density at radius 3 is 2.53 bits per heavy atom. The molecule has 0 bridgehead atoms. The molecule has 80 valence electrons. The quantitative estimate of drug-likeness (QED) is 0.713. The molecule has 0 spiro atoms. The van der Waals surface area contributed by atoms with Gasteiger partial charge < -0.3 is 0 Å². The van der Waals surface area contributed by atoms with Gasteiger partial charge in [-0.25, -0.2) is 4.98 Å². The molecule has 2 aromatic heterocycles. The lowest BCUT2D eigenvalue weighted by atomic mass is 9.99. The Balaban J connectivity index is 2.89. The second-order valence-corrected chi connectivity index (χ2v) is 4.42. The van der Waals surface area contributed by atoms with E-state index < -0.39 is 0 Å². The van der Waals surface area contributed by atoms with Gasteiger partial charge in [0.05, 0.1) is 5.69 Å². The smallest absolute Gasteiger partial charge is 0.158 e. The maximum Gasteiger partial charge on any atom is 0.158 e. The summed E-state index contributed by atoms with van der Waals surface area (Å²) in [5.74, 6) is 0.511. The topological polar surface area (TPSA) is 30.7 Å². The summed E-state index contributed by atoms with van der Waals surface area (Å²) in [5, 5.41) is 5.65. The van der Waals surface area contributed by atoms with Crippen LogP contribution in [0.5, 0.6) is 0 Å². The summed E-state index contributed by atoms with van der Waals surface area (Å²) in [6.07, 6.45) is 0. The summed E-state index contributed by atoms with van der Waals surface area (Å²) < 4.78 is 1.86. The zero-order chi connectivity index (χ0) is 11.2. The lowest BCUT2D eigenvalue weighted by Crippen LogP contribution is -1.96. The van der Waals surface area contributed by atoms with Gasteiger partial charge in [-0.3, -0.25) is 4.68 Å². The van der Waals surface area contributed by atoms with Crippen LogP contribution in [0.4, 0.5) is 0 Å². The molecule has 0 aliphatic rings. The molecule has 2 aromatic rings. The molecule has 0 saturated carbocycles. The monoisotopic (exact) mass is 203 g/mol. The maximum atomic E-state index is 4.54. The SMILES string of the molecule is Cc1cc(C(C)C)c2c(C)nn(C)c2n1. The molecule has 3 nitrogen and oxygen atoms in total. The second kappa shape index (κ2) is 3.33. The molecule has 0 fully saturated rings. The molecule has 0 N–H and O–H groups in total. The number of aromatic nitrogens is 3. The van der Waals surface area contributed by atoms with Crippen molar-refractivity contribution in [1.82, 2.24) is 14.8 Å². The predicted molar refractivity (Wildman–Crippen MR) is 62.1 cm³/mol. The van der Waals surface area contributed by atoms with Crippen molar-refractivity contribution >= 4 is 11.0 Å². The van der Waals surface area contributed by atoms with Crippen LogP contribution in [0.25, 0.3) is 11.0 Å². The highest BCUT2D eigenvalue weighted by atomic mass is 15.3. The molecule has 0 saturated heterocycles. The summed E-state index contributed by atoms with van der Waals surface area (Å²) >= 11 is 0. The Hall–Kier alpha value is -1.38. The standard InChI is InChI=1S/C12H17N3/c1-7(2)10-6-8(3)13-12-11(10)9(4)14-15(12)5/h6-7H,1-5H3. The van der Waals surface area contributed by atoms with E-state index in [0.29, 0.717) is 5.92 Å². The minimum Gasteiger partial charge on any atom is -0.250 e. The van der Waals surface area contributed by atoms with Crippen LogP contribution in [-0.2, 0) is 7.05 Å². The van der Waals surface area contributed by atoms with E-state index in [1.54, 1.807) is 0 Å². The number of nitrogens with zero attached hydrogens (tertiary/aromatic N) is 3. The van der Waals surface area contributed by atoms with E-state index in [-0.39, 0.29) is 0 Å². The van der Waals surface area contributed by atoms with Crippen LogP contribution in [0.2, 0.25) is 0 Å². The fourth-order valence-corrected chi connectivity index (χ4v) is 2.06. The van der Waals surface area contributed by atoms with E-state index in [0.717, 1.165) is 17.0 Å². The first kappa shape index (κ1) is 10.1. The molecular formula is C12H17N3. The minimum absolute atomic E-state index is 0.511. The van der Waals surface area contributed by atoms with Gasteiger partial charge in [-0.15, -0.1) is 0 Å². The van der Waals surface area contributed by atoms with Crippen LogP contribution in [0, 0.1) is 13.8 Å². The summed E-state index contributed by atoms with van der Waals surface area (Å²) in [5.41, 5.74) is 4.48. The third-order valence-corrected chi connectivity index (χ3v) is 2.75. The zero-order valence-corrected chi connectivity index (χ0v) is 10.00. The van der Waals surface area contributed by atoms with Crippen LogP contribution in [0.3, 0.4) is 0 Å². The van der Waals surface area contributed by atoms with Crippen LogP contribution < -0.4 is 0 Å². The van der Waals surface area contributed by atoms with Gasteiger partial charge in [-0.2, -0.15) is 5.10 Å². The number of aryl methyl sites for hydroxylation is 3. The van der Waals surface area contributed by atoms with Gasteiger partial charge in [-0.05, 0) is 31.4 Å². The molecule has 0 aromatic carbocycles. The van der Waals surface area contributed by atoms with Crippen molar-refractivity contribution in [3.63, 3.8) is 0 Å². The molecule has 0 radical (unpaired) electrons. The molecule has 2 rings (SSSR count). The van der Waals surface area contributed by atoms with Gasteiger partial charge in [0.1, 0.15) is 0 Å². The first-order chi connectivity index (χ1) is 7.00. The maximum absolute atomic E-state index is 4.54. The van der Waals surface area contributed by atoms with Gasteiger partial charge in [0, 0.05) is 18.1 Å². The third kappa shape index (κ3) is 1.52. The third-order valence-electron chi connectivity index (χ3n) is 2.75. The van der Waals surface area contributed by atoms with Crippen molar-refractivity contribution in [3.8, 4) is 0 Å². The van der Waals surface area contributed by atoms with E-state index >= 15 is 0 Å². The average Bonchev–Trinajstić information content (AvgIpc) is 2.41. The summed E-state index contributed by atoms with van der Waals surface area (Å²) in [4.78, 5) is 4.54. The van der Waals surface area contributed by atoms with Crippen LogP contribution in [0.1, 0.15) is 36.7 Å². The molecule has 0 atom stereocenters. The first-order valence-electron chi connectivity index (χ1n) is 5.31. The van der Waals surface area contributed by atoms with Crippen LogP contribution in [-0.4, -0.2) is 14.8 Å². The first-order valence-corrected chi connectivity index (χ1v) is 5.31. The normalized spacial score (nSPS) is 11.6. The Labute approximate surface area is 90.1 Å². The van der Waals surface area contributed by atoms with Crippen molar-refractivity contribution in [2.45, 2.75) is 33.6 Å². The number of pyridine rings is 1. The Morgan fingerprint density at radius 2 is 1.93 bits per heavy atom. The lowest BCUT2D eigenvalue weighted by Gasteiger charge is -2.08. The molecule has 0 aliphatic carbocycles. The lowest BCUT2D eigenvalue weighted by molar-refractivity contribution is 0.772. The van der Waals surface area contributed by atoms with E-state index in [1.165, 1.54) is 10.9 Å². The number of rotatable bonds is 1. The Kier molecular flexibility index (Phi) is 2.25. The van der Waals surface area contributed by atoms with Crippen molar-refractivity contribution in [2.24, 2.45) is 7.05 Å². The predicted octanol–water partition coefficient (Wildman–Crippen LogP) is 2.71. The van der Waals surface area contributed by atoms with Crippen molar-refractivity contribution in [1.29, 1.82) is 0 Å². The highest BCUT2D eigenvalue weighted by molar-refractivity contribution is 5.82. The van der Waals surface area contributed by atoms with Crippen molar-refractivity contribution < 1.29 is 0 Å². The number of fused-ring (bicyclic) bond motifs is 1. The van der Waals surface area contributed by atoms with Crippen molar-refractivity contribution in [3.05, 3.63) is 23.0 Å². The van der Waals surface area contributed by atoms with E-state index in [1.807, 2.05) is 25.6 Å². The number of hydrogen-bond acceptors (Lipinski definition) is 2. The molecule has 0 aliphatic heterocycles. The van der Waals surface area contributed by atoms with Gasteiger partial charge in [0.2, 0.25) is 0 Å². The molecule has 0 unspecified atom stereocenters. The van der Waals surface area contributed by atoms with E-state index in [2.05, 4.69) is 30.0 Å². The number of hydrogen-bond donors (Lipinski definition) is 0. The van der Waals surface area contributed by atoms with Gasteiger partial charge in [0.15, 0.2) is 5.65 Å². The van der Waals surface area contributed by atoms with Crippen molar-refractivity contribution in [2.75, 3.05) is 0 Å². The molecule has 0 amide bonds. The highest BCUT2D eigenvalue weighted by Gasteiger charge is 2.13. The second-order valence-electron chi connectivity index (χ2n) is 4.42. The fourth-order valence-electron chi connectivity index (χ4n) is 2.06. The summed E-state index contributed by atoms with van der Waals surface area (Å²) in [6, 6.07) is 2.17. The van der Waals surface area contributed by atoms with E-state index in [9.17, 15) is 0 Å². The Bertz CT molecular complexity index is 509. The van der Waals surface area contributed by atoms with Gasteiger partial charge in [-0.1, -0.05) is 13.8 Å². The van der Waals surface area contributed by atoms with E-state index in [4.69, 9.17) is 0 Å². The minimum atomic E-state index is 0.511. The highest BCUT2D eigenvalue weighted by Crippen LogP contribution is 2.27. The van der Waals surface area contributed by atoms with Gasteiger partial charge in [0.25, 0.3) is 0 Å². The van der Waals surface area contributed by atoms with Gasteiger partial charge >= 0.3 is 0 Å². The van der Waals surface area contributed by atoms with Crippen LogP contribution >= 0.6 is 0 Å². The fraction of sp³-hybridized carbons (Fsp3) is 0.500.